The first kappa shape index (κ1) is 38.1. The Labute approximate surface area is 305 Å². The number of rotatable bonds is 7. The highest BCUT2D eigenvalue weighted by atomic mass is 19.4. The van der Waals surface area contributed by atoms with Crippen molar-refractivity contribution in [2.75, 3.05) is 0 Å². The molecule has 1 N–H and O–H groups in total. The third-order valence-corrected chi connectivity index (χ3v) is 9.12. The molecule has 2 fully saturated rings. The fourth-order valence-corrected chi connectivity index (χ4v) is 5.69. The average Bonchev–Trinajstić information content (AvgIpc) is 3.85. The standard InChI is InChI=1S/C20H17F3N2O2.C16H11F3N2O.C4H6O/c21-20(22,23)15-8-6-13(7-9-15)12-14-4-1-2-5-16(14)17-24-25-18(27-17)19(26)10-3-11-19;17-16(18,19)13-7-5-11(6-8-13)9-12-3-1-2-4-14(12)15-21-20-10-22-15;5-4-2-1-3-4/h1-2,4-9,26H,3,10-12H2;1-8,10H,9H2;1-3H2. The number of alkyl halides is 6. The molecule has 0 aliphatic heterocycles. The van der Waals surface area contributed by atoms with Gasteiger partial charge in [0.15, 0.2) is 0 Å². The van der Waals surface area contributed by atoms with Crippen LogP contribution in [0.2, 0.25) is 0 Å². The lowest BCUT2D eigenvalue weighted by molar-refractivity contribution is -0.138. The minimum atomic E-state index is -4.35. The van der Waals surface area contributed by atoms with Gasteiger partial charge in [0.25, 0.3) is 0 Å². The predicted octanol–water partition coefficient (Wildman–Crippen LogP) is 9.80. The maximum absolute atomic E-state index is 12.7. The van der Waals surface area contributed by atoms with Crippen LogP contribution in [0.5, 0.6) is 0 Å². The van der Waals surface area contributed by atoms with Gasteiger partial charge >= 0.3 is 12.4 Å². The van der Waals surface area contributed by atoms with Gasteiger partial charge in [-0.25, -0.2) is 0 Å². The second-order valence-electron chi connectivity index (χ2n) is 13.0. The Kier molecular flexibility index (Phi) is 11.4. The number of carbonyl (C=O) groups is 1. The zero-order valence-electron chi connectivity index (χ0n) is 28.7. The molecule has 8 rings (SSSR count). The minimum Gasteiger partial charge on any atom is -0.423 e. The van der Waals surface area contributed by atoms with Crippen LogP contribution in [0.4, 0.5) is 26.3 Å². The van der Waals surface area contributed by atoms with E-state index in [0.29, 0.717) is 48.8 Å². The fourth-order valence-electron chi connectivity index (χ4n) is 5.69. The van der Waals surface area contributed by atoms with Crippen LogP contribution in [-0.4, -0.2) is 31.3 Å². The van der Waals surface area contributed by atoms with Crippen LogP contribution < -0.4 is 0 Å². The van der Waals surface area contributed by atoms with Crippen LogP contribution in [0.25, 0.3) is 22.9 Å². The molecule has 280 valence electrons. The quantitative estimate of drug-likeness (QED) is 0.161. The second-order valence-corrected chi connectivity index (χ2v) is 13.0. The number of benzene rings is 4. The topological polar surface area (TPSA) is 115 Å². The SMILES string of the molecule is FC(F)(F)c1ccc(Cc2ccccc2-c2nnco2)cc1.O=C1CCC1.OC1(c2nnc(-c3ccccc3Cc3ccc(C(F)(F)F)cc3)o2)CCC1. The van der Waals surface area contributed by atoms with E-state index in [9.17, 15) is 36.2 Å². The highest BCUT2D eigenvalue weighted by Gasteiger charge is 2.41. The number of Topliss-reactive ketones (excluding diaryl/α,β-unsaturated/α-hetero) is 1. The number of ketones is 1. The van der Waals surface area contributed by atoms with Crippen LogP contribution in [0, 0.1) is 0 Å². The first-order chi connectivity index (χ1) is 25.8. The van der Waals surface area contributed by atoms with Crippen LogP contribution >= 0.6 is 0 Å². The predicted molar refractivity (Wildman–Crippen MR) is 185 cm³/mol. The van der Waals surface area contributed by atoms with Crippen LogP contribution in [0.15, 0.2) is 112 Å². The first-order valence-electron chi connectivity index (χ1n) is 17.1. The summed E-state index contributed by atoms with van der Waals surface area (Å²) in [5.41, 5.74) is 2.41. The third kappa shape index (κ3) is 9.47. The number of nitrogens with zero attached hydrogens (tertiary/aromatic N) is 4. The average molecular weight is 749 g/mol. The van der Waals surface area contributed by atoms with Crippen molar-refractivity contribution in [2.24, 2.45) is 0 Å². The molecule has 4 aromatic carbocycles. The van der Waals surface area contributed by atoms with Crippen molar-refractivity contribution in [3.8, 4) is 22.9 Å². The van der Waals surface area contributed by atoms with E-state index < -0.39 is 29.1 Å². The van der Waals surface area contributed by atoms with Crippen LogP contribution in [-0.2, 0) is 35.6 Å². The Bertz CT molecular complexity index is 2140. The number of hydrogen-bond donors (Lipinski definition) is 1. The lowest BCUT2D eigenvalue weighted by Crippen LogP contribution is -2.33. The van der Waals surface area contributed by atoms with E-state index in [1.807, 2.05) is 48.5 Å². The van der Waals surface area contributed by atoms with Crippen molar-refractivity contribution in [3.63, 3.8) is 0 Å². The highest BCUT2D eigenvalue weighted by Crippen LogP contribution is 2.41. The van der Waals surface area contributed by atoms with E-state index in [1.165, 1.54) is 30.7 Å². The summed E-state index contributed by atoms with van der Waals surface area (Å²) in [6, 6.07) is 25.0. The van der Waals surface area contributed by atoms with Gasteiger partial charge in [0.05, 0.1) is 11.1 Å². The molecule has 2 aromatic heterocycles. The maximum atomic E-state index is 12.7. The van der Waals surface area contributed by atoms with Gasteiger partial charge in [-0.15, -0.1) is 20.4 Å². The van der Waals surface area contributed by atoms with Crippen molar-refractivity contribution in [2.45, 2.75) is 69.3 Å². The summed E-state index contributed by atoms with van der Waals surface area (Å²) in [6.45, 7) is 0. The fraction of sp³-hybridized carbons (Fsp3) is 0.275. The zero-order valence-corrected chi connectivity index (χ0v) is 28.7. The second kappa shape index (κ2) is 16.2. The summed E-state index contributed by atoms with van der Waals surface area (Å²) in [7, 11) is 0. The van der Waals surface area contributed by atoms with Crippen molar-refractivity contribution >= 4 is 5.78 Å². The van der Waals surface area contributed by atoms with E-state index >= 15 is 0 Å². The van der Waals surface area contributed by atoms with Gasteiger partial charge in [-0.3, -0.25) is 4.79 Å². The van der Waals surface area contributed by atoms with E-state index in [1.54, 1.807) is 0 Å². The molecule has 0 amide bonds. The molecule has 6 aromatic rings. The minimum absolute atomic E-state index is 0.216. The first-order valence-corrected chi connectivity index (χ1v) is 17.1. The summed E-state index contributed by atoms with van der Waals surface area (Å²) >= 11 is 0. The van der Waals surface area contributed by atoms with Gasteiger partial charge in [-0.2, -0.15) is 26.3 Å². The molecular weight excluding hydrogens is 714 g/mol. The summed E-state index contributed by atoms with van der Waals surface area (Å²) in [5, 5.41) is 25.9. The third-order valence-electron chi connectivity index (χ3n) is 9.12. The molecule has 14 heteroatoms. The summed E-state index contributed by atoms with van der Waals surface area (Å²) in [5.74, 6) is 1.34. The number of aromatic nitrogens is 4. The molecule has 8 nitrogen and oxygen atoms in total. The number of hydrogen-bond acceptors (Lipinski definition) is 8. The molecule has 0 spiro atoms. The zero-order chi connectivity index (χ0) is 38.3. The van der Waals surface area contributed by atoms with E-state index in [2.05, 4.69) is 20.4 Å². The van der Waals surface area contributed by atoms with E-state index in [0.717, 1.165) is 77.8 Å². The Morgan fingerprint density at radius 1 is 0.630 bits per heavy atom. The van der Waals surface area contributed by atoms with Crippen molar-refractivity contribution in [1.29, 1.82) is 0 Å². The monoisotopic (exact) mass is 748 g/mol. The molecule has 0 unspecified atom stereocenters. The molecule has 2 saturated carbocycles. The number of aliphatic hydroxyl groups is 1. The molecule has 0 atom stereocenters. The van der Waals surface area contributed by atoms with Crippen LogP contribution in [0.3, 0.4) is 0 Å². The van der Waals surface area contributed by atoms with Gasteiger partial charge in [0, 0.05) is 24.0 Å². The molecule has 0 bridgehead atoms. The molecular formula is C40H34F6N4O4. The summed E-state index contributed by atoms with van der Waals surface area (Å²) in [4.78, 5) is 9.90. The molecule has 2 aliphatic carbocycles. The molecule has 54 heavy (non-hydrogen) atoms. The smallest absolute Gasteiger partial charge is 0.416 e. The van der Waals surface area contributed by atoms with Crippen molar-refractivity contribution in [3.05, 3.63) is 143 Å². The molecule has 2 aliphatic rings. The summed E-state index contributed by atoms with van der Waals surface area (Å²) in [6.07, 6.45) is -1.57. The lowest BCUT2D eigenvalue weighted by atomic mass is 9.80. The Morgan fingerprint density at radius 2 is 1.11 bits per heavy atom. The normalized spacial score (nSPS) is 14.8. The molecule has 0 radical (unpaired) electrons. The molecule has 0 saturated heterocycles. The summed E-state index contributed by atoms with van der Waals surface area (Å²) < 4.78 is 86.7. The molecule has 2 heterocycles. The van der Waals surface area contributed by atoms with Crippen molar-refractivity contribution in [1.82, 2.24) is 20.4 Å². The van der Waals surface area contributed by atoms with E-state index in [4.69, 9.17) is 8.83 Å². The highest BCUT2D eigenvalue weighted by molar-refractivity contribution is 5.83. The Hall–Kier alpha value is -5.63. The Balaban J connectivity index is 0.000000165. The van der Waals surface area contributed by atoms with Crippen LogP contribution in [0.1, 0.15) is 77.8 Å². The van der Waals surface area contributed by atoms with Gasteiger partial charge in [0.2, 0.25) is 24.1 Å². The number of carbonyl (C=O) groups excluding carboxylic acids is 1. The van der Waals surface area contributed by atoms with E-state index in [-0.39, 0.29) is 5.89 Å². The largest absolute Gasteiger partial charge is 0.423 e. The van der Waals surface area contributed by atoms with Gasteiger partial charge in [-0.1, -0.05) is 60.7 Å². The van der Waals surface area contributed by atoms with Gasteiger partial charge < -0.3 is 13.9 Å². The maximum Gasteiger partial charge on any atom is 0.416 e. The van der Waals surface area contributed by atoms with Gasteiger partial charge in [0.1, 0.15) is 11.4 Å². The lowest BCUT2D eigenvalue weighted by Gasteiger charge is -2.32. The number of halogens is 6. The van der Waals surface area contributed by atoms with Crippen molar-refractivity contribution < 1.29 is 45.1 Å². The van der Waals surface area contributed by atoms with Gasteiger partial charge in [-0.05, 0) is 97.2 Å². The Morgan fingerprint density at radius 3 is 1.50 bits per heavy atom.